The van der Waals surface area contributed by atoms with Gasteiger partial charge in [-0.25, -0.2) is 16.8 Å². The summed E-state index contributed by atoms with van der Waals surface area (Å²) in [7, 11) is -6.27. The molecule has 2 aromatic carbocycles. The normalized spacial score (nSPS) is 15.9. The first-order valence-electron chi connectivity index (χ1n) is 9.41. The summed E-state index contributed by atoms with van der Waals surface area (Å²) in [6, 6.07) is 7.58. The largest absolute Gasteiger partial charge is 0.379 e. The maximum atomic E-state index is 13.4. The Morgan fingerprint density at radius 3 is 2.10 bits per heavy atom. The summed E-state index contributed by atoms with van der Waals surface area (Å²) in [6.07, 6.45) is 0. The Labute approximate surface area is 183 Å². The Bertz CT molecular complexity index is 1160. The number of sulfonamides is 2. The standard InChI is InChI=1S/C20H25ClN2O5S2/c1-14-13-15(2)20(30(26,27)23-9-11-28-12-10-23)16(3)19(14)22(4)29(24,25)18-7-5-17(21)6-8-18/h5-8,13H,9-12H2,1-4H3. The third-order valence-electron chi connectivity index (χ3n) is 5.22. The van der Waals surface area contributed by atoms with Crippen molar-refractivity contribution < 1.29 is 21.6 Å². The predicted molar refractivity (Wildman–Crippen MR) is 117 cm³/mol. The number of ether oxygens (including phenoxy) is 1. The smallest absolute Gasteiger partial charge is 0.264 e. The number of aryl methyl sites for hydroxylation is 2. The van der Waals surface area contributed by atoms with Crippen molar-refractivity contribution in [1.29, 1.82) is 0 Å². The number of benzene rings is 2. The van der Waals surface area contributed by atoms with Crippen LogP contribution in [0.25, 0.3) is 0 Å². The fourth-order valence-corrected chi connectivity index (χ4v) is 7.12. The molecule has 7 nitrogen and oxygen atoms in total. The van der Waals surface area contributed by atoms with Crippen LogP contribution in [0, 0.1) is 20.8 Å². The van der Waals surface area contributed by atoms with E-state index in [-0.39, 0.29) is 22.9 Å². The van der Waals surface area contributed by atoms with E-state index >= 15 is 0 Å². The van der Waals surface area contributed by atoms with Crippen LogP contribution in [0.15, 0.2) is 40.1 Å². The number of morpholine rings is 1. The molecule has 0 amide bonds. The zero-order chi connectivity index (χ0) is 22.3. The van der Waals surface area contributed by atoms with Crippen molar-refractivity contribution >= 4 is 37.3 Å². The van der Waals surface area contributed by atoms with Gasteiger partial charge in [0.25, 0.3) is 10.0 Å². The van der Waals surface area contributed by atoms with Crippen LogP contribution in [-0.2, 0) is 24.8 Å². The van der Waals surface area contributed by atoms with Crippen molar-refractivity contribution in [3.05, 3.63) is 52.0 Å². The number of anilines is 1. The van der Waals surface area contributed by atoms with E-state index in [0.717, 1.165) is 4.31 Å². The third-order valence-corrected chi connectivity index (χ3v) is 9.43. The maximum Gasteiger partial charge on any atom is 0.264 e. The first kappa shape index (κ1) is 23.0. The molecule has 0 N–H and O–H groups in total. The van der Waals surface area contributed by atoms with Gasteiger partial charge in [-0.15, -0.1) is 0 Å². The summed E-state index contributed by atoms with van der Waals surface area (Å²) in [4.78, 5) is 0.217. The molecule has 2 aromatic rings. The van der Waals surface area contributed by atoms with E-state index in [2.05, 4.69) is 0 Å². The van der Waals surface area contributed by atoms with Crippen molar-refractivity contribution in [2.24, 2.45) is 0 Å². The lowest BCUT2D eigenvalue weighted by molar-refractivity contribution is 0.0730. The molecule has 1 aliphatic rings. The lowest BCUT2D eigenvalue weighted by Crippen LogP contribution is -2.41. The summed E-state index contributed by atoms with van der Waals surface area (Å²) < 4.78 is 60.9. The number of rotatable bonds is 5. The molecule has 1 saturated heterocycles. The van der Waals surface area contributed by atoms with Crippen LogP contribution in [0.4, 0.5) is 5.69 Å². The molecule has 0 aromatic heterocycles. The minimum absolute atomic E-state index is 0.0753. The Kier molecular flexibility index (Phi) is 6.50. The van der Waals surface area contributed by atoms with Gasteiger partial charge in [-0.05, 0) is 61.7 Å². The molecule has 164 valence electrons. The van der Waals surface area contributed by atoms with Crippen molar-refractivity contribution in [3.63, 3.8) is 0 Å². The monoisotopic (exact) mass is 472 g/mol. The molecule has 1 aliphatic heterocycles. The average Bonchev–Trinajstić information content (AvgIpc) is 2.68. The quantitative estimate of drug-likeness (QED) is 0.667. The molecule has 1 fully saturated rings. The van der Waals surface area contributed by atoms with Gasteiger partial charge in [0.2, 0.25) is 10.0 Å². The Morgan fingerprint density at radius 2 is 1.53 bits per heavy atom. The van der Waals surface area contributed by atoms with E-state index in [1.807, 2.05) is 0 Å². The summed E-state index contributed by atoms with van der Waals surface area (Å²) in [5.74, 6) is 0. The van der Waals surface area contributed by atoms with Crippen LogP contribution in [0.3, 0.4) is 0 Å². The second-order valence-corrected chi connectivity index (χ2v) is 11.5. The minimum atomic E-state index is -3.91. The number of hydrogen-bond donors (Lipinski definition) is 0. The van der Waals surface area contributed by atoms with Gasteiger partial charge >= 0.3 is 0 Å². The summed E-state index contributed by atoms with van der Waals surface area (Å²) >= 11 is 5.88. The van der Waals surface area contributed by atoms with E-state index in [9.17, 15) is 16.8 Å². The van der Waals surface area contributed by atoms with E-state index in [4.69, 9.17) is 16.3 Å². The van der Waals surface area contributed by atoms with Gasteiger partial charge in [0, 0.05) is 25.2 Å². The molecule has 1 heterocycles. The molecule has 0 unspecified atom stereocenters. The molecular formula is C20H25ClN2O5S2. The molecule has 30 heavy (non-hydrogen) atoms. The lowest BCUT2D eigenvalue weighted by atomic mass is 10.1. The number of hydrogen-bond acceptors (Lipinski definition) is 5. The highest BCUT2D eigenvalue weighted by Crippen LogP contribution is 2.36. The molecule has 0 aliphatic carbocycles. The van der Waals surface area contributed by atoms with Crippen molar-refractivity contribution in [2.45, 2.75) is 30.6 Å². The van der Waals surface area contributed by atoms with Gasteiger partial charge in [-0.2, -0.15) is 4.31 Å². The molecule has 0 bridgehead atoms. The van der Waals surface area contributed by atoms with Crippen molar-refractivity contribution in [2.75, 3.05) is 37.7 Å². The van der Waals surface area contributed by atoms with Gasteiger partial charge in [0.05, 0.1) is 28.7 Å². The van der Waals surface area contributed by atoms with Gasteiger partial charge in [-0.1, -0.05) is 17.7 Å². The highest BCUT2D eigenvalue weighted by molar-refractivity contribution is 7.92. The van der Waals surface area contributed by atoms with Crippen LogP contribution in [0.2, 0.25) is 5.02 Å². The first-order chi connectivity index (χ1) is 14.0. The molecule has 0 spiro atoms. The molecule has 10 heteroatoms. The van der Waals surface area contributed by atoms with Gasteiger partial charge in [0.1, 0.15) is 0 Å². The van der Waals surface area contributed by atoms with E-state index in [1.54, 1.807) is 26.8 Å². The van der Waals surface area contributed by atoms with Crippen LogP contribution >= 0.6 is 11.6 Å². The summed E-state index contributed by atoms with van der Waals surface area (Å²) in [6.45, 7) is 6.35. The SMILES string of the molecule is Cc1cc(C)c(S(=O)(=O)N2CCOCC2)c(C)c1N(C)S(=O)(=O)c1ccc(Cl)cc1. The Morgan fingerprint density at radius 1 is 0.967 bits per heavy atom. The molecule has 0 radical (unpaired) electrons. The Hall–Kier alpha value is -1.65. The highest BCUT2D eigenvalue weighted by Gasteiger charge is 2.33. The highest BCUT2D eigenvalue weighted by atomic mass is 35.5. The fourth-order valence-electron chi connectivity index (χ4n) is 3.84. The number of halogens is 1. The molecule has 0 saturated carbocycles. The van der Waals surface area contributed by atoms with Crippen LogP contribution < -0.4 is 4.31 Å². The van der Waals surface area contributed by atoms with Crippen LogP contribution in [-0.4, -0.2) is 54.5 Å². The third kappa shape index (κ3) is 4.09. The summed E-state index contributed by atoms with van der Waals surface area (Å²) in [5, 5.41) is 0.429. The van der Waals surface area contributed by atoms with Gasteiger partial charge < -0.3 is 4.74 Å². The minimum Gasteiger partial charge on any atom is -0.379 e. The second kappa shape index (κ2) is 8.47. The number of nitrogens with zero attached hydrogens (tertiary/aromatic N) is 2. The molecular weight excluding hydrogens is 448 g/mol. The fraction of sp³-hybridized carbons (Fsp3) is 0.400. The summed E-state index contributed by atoms with van der Waals surface area (Å²) in [5.41, 5.74) is 2.00. The van der Waals surface area contributed by atoms with Crippen LogP contribution in [0.5, 0.6) is 0 Å². The zero-order valence-electron chi connectivity index (χ0n) is 17.3. The Balaban J connectivity index is 2.14. The van der Waals surface area contributed by atoms with Crippen molar-refractivity contribution in [1.82, 2.24) is 4.31 Å². The topological polar surface area (TPSA) is 84.0 Å². The van der Waals surface area contributed by atoms with Gasteiger partial charge in [0.15, 0.2) is 0 Å². The molecule has 0 atom stereocenters. The second-order valence-electron chi connectivity index (χ2n) is 7.26. The van der Waals surface area contributed by atoms with E-state index in [1.165, 1.54) is 35.6 Å². The van der Waals surface area contributed by atoms with Gasteiger partial charge in [-0.3, -0.25) is 4.31 Å². The first-order valence-corrected chi connectivity index (χ1v) is 12.7. The predicted octanol–water partition coefficient (Wildman–Crippen LogP) is 3.11. The zero-order valence-corrected chi connectivity index (χ0v) is 19.7. The van der Waals surface area contributed by atoms with E-state index < -0.39 is 20.0 Å². The maximum absolute atomic E-state index is 13.4. The van der Waals surface area contributed by atoms with E-state index in [0.29, 0.717) is 40.6 Å². The van der Waals surface area contributed by atoms with Crippen molar-refractivity contribution in [3.8, 4) is 0 Å². The van der Waals surface area contributed by atoms with Crippen LogP contribution in [0.1, 0.15) is 16.7 Å². The average molecular weight is 473 g/mol. The molecule has 3 rings (SSSR count). The lowest BCUT2D eigenvalue weighted by Gasteiger charge is -2.30.